The van der Waals surface area contributed by atoms with Crippen molar-refractivity contribution in [3.63, 3.8) is 0 Å². The van der Waals surface area contributed by atoms with Crippen LogP contribution in [0.15, 0.2) is 66.7 Å². The fraction of sp³-hybridized carbons (Fsp3) is 0.250. The summed E-state index contributed by atoms with van der Waals surface area (Å²) >= 11 is 0. The number of nitrogens with one attached hydrogen (secondary N) is 2. The zero-order valence-corrected chi connectivity index (χ0v) is 19.7. The molecule has 2 N–H and O–H groups in total. The zero-order chi connectivity index (χ0) is 24.8. The maximum atomic E-state index is 14.4. The number of amides is 2. The van der Waals surface area contributed by atoms with Gasteiger partial charge in [0.25, 0.3) is 0 Å². The minimum atomic E-state index is -1.30. The maximum Gasteiger partial charge on any atom is 0.410 e. The highest BCUT2D eigenvalue weighted by Crippen LogP contribution is 2.44. The third-order valence-corrected chi connectivity index (χ3v) is 6.98. The van der Waals surface area contributed by atoms with Crippen molar-refractivity contribution < 1.29 is 18.7 Å². The number of H-pyrrole nitrogens is 1. The van der Waals surface area contributed by atoms with Crippen LogP contribution in [0.25, 0.3) is 22.2 Å². The molecule has 2 aromatic heterocycles. The maximum absolute atomic E-state index is 14.4. The van der Waals surface area contributed by atoms with Crippen LogP contribution in [0.3, 0.4) is 0 Å². The number of likely N-dealkylation sites (tertiary alicyclic amines) is 1. The largest absolute Gasteiger partial charge is 0.448 e. The molecule has 0 radical (unpaired) electrons. The first kappa shape index (κ1) is 22.3. The Balaban J connectivity index is 1.16. The summed E-state index contributed by atoms with van der Waals surface area (Å²) < 4.78 is 20.1. The van der Waals surface area contributed by atoms with Gasteiger partial charge >= 0.3 is 6.09 Å². The van der Waals surface area contributed by atoms with E-state index in [4.69, 9.17) is 4.74 Å². The highest BCUT2D eigenvalue weighted by molar-refractivity contribution is 5.97. The second kappa shape index (κ2) is 8.78. The van der Waals surface area contributed by atoms with Crippen LogP contribution in [0.5, 0.6) is 0 Å². The highest BCUT2D eigenvalue weighted by atomic mass is 19.1. The lowest BCUT2D eigenvalue weighted by Crippen LogP contribution is -2.43. The fourth-order valence-corrected chi connectivity index (χ4v) is 5.34. The van der Waals surface area contributed by atoms with E-state index in [9.17, 15) is 14.0 Å². The van der Waals surface area contributed by atoms with Crippen LogP contribution >= 0.6 is 0 Å². The summed E-state index contributed by atoms with van der Waals surface area (Å²) in [6.45, 7) is 1.85. The van der Waals surface area contributed by atoms with Crippen LogP contribution in [0.2, 0.25) is 0 Å². The van der Waals surface area contributed by atoms with Gasteiger partial charge in [-0.2, -0.15) is 0 Å². The quantitative estimate of drug-likeness (QED) is 0.418. The topological polar surface area (TPSA) is 87.3 Å². The molecule has 0 bridgehead atoms. The molecule has 1 fully saturated rings. The van der Waals surface area contributed by atoms with E-state index in [0.717, 1.165) is 33.5 Å². The van der Waals surface area contributed by atoms with E-state index in [1.54, 1.807) is 6.07 Å². The number of fused-ring (bicyclic) bond motifs is 4. The van der Waals surface area contributed by atoms with Crippen LogP contribution in [-0.2, 0) is 9.53 Å². The van der Waals surface area contributed by atoms with Crippen LogP contribution < -0.4 is 5.32 Å². The number of alkyl halides is 1. The predicted molar refractivity (Wildman–Crippen MR) is 135 cm³/mol. The van der Waals surface area contributed by atoms with Gasteiger partial charge in [0.05, 0.1) is 17.6 Å². The van der Waals surface area contributed by atoms with Gasteiger partial charge in [0.15, 0.2) is 0 Å². The van der Waals surface area contributed by atoms with E-state index in [1.165, 1.54) is 4.90 Å². The normalized spacial score (nSPS) is 18.8. The number of aryl methyl sites for hydroxylation is 1. The van der Waals surface area contributed by atoms with Crippen molar-refractivity contribution in [2.24, 2.45) is 0 Å². The molecule has 36 heavy (non-hydrogen) atoms. The predicted octanol–water partition coefficient (Wildman–Crippen LogP) is 5.17. The van der Waals surface area contributed by atoms with Crippen LogP contribution in [-0.4, -0.2) is 52.2 Å². The number of halogens is 1. The van der Waals surface area contributed by atoms with Gasteiger partial charge in [-0.3, -0.25) is 9.69 Å². The van der Waals surface area contributed by atoms with Crippen molar-refractivity contribution in [1.29, 1.82) is 0 Å². The molecule has 3 heterocycles. The van der Waals surface area contributed by atoms with E-state index >= 15 is 0 Å². The molecule has 4 aromatic rings. The molecular weight excluding hydrogens is 459 g/mol. The Morgan fingerprint density at radius 3 is 2.50 bits per heavy atom. The molecule has 6 rings (SSSR count). The Labute approximate surface area is 207 Å². The number of rotatable bonds is 4. The van der Waals surface area contributed by atoms with Crippen LogP contribution in [0.4, 0.5) is 15.0 Å². The minimum absolute atomic E-state index is 0.0818. The van der Waals surface area contributed by atoms with Crippen molar-refractivity contribution in [1.82, 2.24) is 14.9 Å². The summed E-state index contributed by atoms with van der Waals surface area (Å²) in [5.41, 5.74) is 6.96. The van der Waals surface area contributed by atoms with Crippen molar-refractivity contribution in [3.05, 3.63) is 83.6 Å². The molecule has 0 spiro atoms. The molecule has 182 valence electrons. The summed E-state index contributed by atoms with van der Waals surface area (Å²) in [6.07, 6.45) is -2.08. The van der Waals surface area contributed by atoms with Gasteiger partial charge in [0, 0.05) is 18.0 Å². The lowest BCUT2D eigenvalue weighted by Gasteiger charge is -2.24. The van der Waals surface area contributed by atoms with E-state index in [1.807, 2.05) is 55.5 Å². The number of carbonyl (C=O) groups excluding carboxylic acids is 2. The van der Waals surface area contributed by atoms with Gasteiger partial charge in [0.2, 0.25) is 5.91 Å². The van der Waals surface area contributed by atoms with Crippen LogP contribution in [0, 0.1) is 6.92 Å². The molecular formula is C28H25FN4O3. The minimum Gasteiger partial charge on any atom is -0.448 e. The van der Waals surface area contributed by atoms with Gasteiger partial charge in [-0.15, -0.1) is 0 Å². The summed E-state index contributed by atoms with van der Waals surface area (Å²) in [6, 6.07) is 20.5. The Morgan fingerprint density at radius 2 is 1.78 bits per heavy atom. The Morgan fingerprint density at radius 1 is 1.08 bits per heavy atom. The first-order valence-electron chi connectivity index (χ1n) is 12.0. The number of benzene rings is 2. The molecule has 2 amide bonds. The number of carbonyl (C=O) groups is 2. The number of aromatic nitrogens is 2. The first-order chi connectivity index (χ1) is 17.5. The van der Waals surface area contributed by atoms with Gasteiger partial charge in [-0.05, 0) is 47.4 Å². The van der Waals surface area contributed by atoms with Gasteiger partial charge in [0.1, 0.15) is 24.6 Å². The fourth-order valence-electron chi connectivity index (χ4n) is 5.34. The van der Waals surface area contributed by atoms with Gasteiger partial charge in [-0.25, -0.2) is 14.2 Å². The third kappa shape index (κ3) is 3.88. The number of hydrogen-bond donors (Lipinski definition) is 2. The number of ether oxygens (including phenoxy) is 1. The number of nitrogens with zero attached hydrogens (tertiary/aromatic N) is 2. The van der Waals surface area contributed by atoms with E-state index in [2.05, 4.69) is 27.4 Å². The van der Waals surface area contributed by atoms with E-state index in [-0.39, 0.29) is 25.5 Å². The molecule has 1 aliphatic heterocycles. The third-order valence-electron chi connectivity index (χ3n) is 6.98. The van der Waals surface area contributed by atoms with E-state index in [0.29, 0.717) is 11.3 Å². The molecule has 1 saturated heterocycles. The van der Waals surface area contributed by atoms with Crippen molar-refractivity contribution in [3.8, 4) is 11.1 Å². The Bertz CT molecular complexity index is 1440. The Kier molecular flexibility index (Phi) is 5.44. The summed E-state index contributed by atoms with van der Waals surface area (Å²) in [7, 11) is 0. The van der Waals surface area contributed by atoms with Crippen molar-refractivity contribution >= 4 is 28.9 Å². The molecule has 0 saturated carbocycles. The number of aromatic amines is 1. The number of hydrogen-bond acceptors (Lipinski definition) is 4. The Hall–Kier alpha value is -4.20. The molecule has 2 aromatic carbocycles. The molecule has 1 aliphatic carbocycles. The van der Waals surface area contributed by atoms with E-state index < -0.39 is 24.2 Å². The van der Waals surface area contributed by atoms with Gasteiger partial charge in [-0.1, -0.05) is 48.5 Å². The second-order valence-corrected chi connectivity index (χ2v) is 9.38. The average Bonchev–Trinajstić information content (AvgIpc) is 3.55. The standard InChI is InChI=1S/C28H25FN4O3/c1-16-12-24-23(30-16)10-11-26(31-24)32-27(34)25-13-17(29)14-33(25)28(35)36-15-22-20-8-4-2-6-18(20)19-7-3-5-9-21(19)22/h2-12,17,22,25,30H,13-15H2,1H3,(H,31,32,34)/t17-,25-/m1/s1. The lowest BCUT2D eigenvalue weighted by molar-refractivity contribution is -0.120. The SMILES string of the molecule is Cc1cc2nc(NC(=O)[C@H]3C[C@@H](F)CN3C(=O)OCC3c4ccccc4-c4ccccc43)ccc2[nH]1. The molecule has 2 atom stereocenters. The summed E-state index contributed by atoms with van der Waals surface area (Å²) in [5.74, 6) is -0.248. The molecule has 7 nitrogen and oxygen atoms in total. The average molecular weight is 485 g/mol. The van der Waals surface area contributed by atoms with Gasteiger partial charge < -0.3 is 15.0 Å². The summed E-state index contributed by atoms with van der Waals surface area (Å²) in [4.78, 5) is 34.9. The molecule has 2 aliphatic rings. The van der Waals surface area contributed by atoms with Crippen molar-refractivity contribution in [2.75, 3.05) is 18.5 Å². The molecule has 8 heteroatoms. The number of pyridine rings is 1. The highest BCUT2D eigenvalue weighted by Gasteiger charge is 2.41. The van der Waals surface area contributed by atoms with Crippen molar-refractivity contribution in [2.45, 2.75) is 31.5 Å². The molecule has 0 unspecified atom stereocenters. The second-order valence-electron chi connectivity index (χ2n) is 9.38. The smallest absolute Gasteiger partial charge is 0.410 e. The number of anilines is 1. The first-order valence-corrected chi connectivity index (χ1v) is 12.0. The summed E-state index contributed by atoms with van der Waals surface area (Å²) in [5, 5.41) is 2.73. The monoisotopic (exact) mass is 484 g/mol. The zero-order valence-electron chi connectivity index (χ0n) is 19.7. The van der Waals surface area contributed by atoms with Crippen LogP contribution in [0.1, 0.15) is 29.2 Å². The lowest BCUT2D eigenvalue weighted by atomic mass is 9.98.